The molecule has 1 fully saturated rings. The monoisotopic (exact) mass is 284 g/mol. The zero-order valence-electron chi connectivity index (χ0n) is 10.2. The minimum atomic E-state index is -3.62. The van der Waals surface area contributed by atoms with Crippen molar-refractivity contribution in [3.8, 4) is 0 Å². The van der Waals surface area contributed by atoms with Crippen LogP contribution in [0.4, 0.5) is 0 Å². The van der Waals surface area contributed by atoms with Crippen LogP contribution in [0.25, 0.3) is 0 Å². The van der Waals surface area contributed by atoms with Gasteiger partial charge in [-0.2, -0.15) is 0 Å². The van der Waals surface area contributed by atoms with E-state index in [9.17, 15) is 8.42 Å². The van der Waals surface area contributed by atoms with Crippen molar-refractivity contribution < 1.29 is 13.6 Å². The summed E-state index contributed by atoms with van der Waals surface area (Å²) >= 11 is 0. The third-order valence-corrected chi connectivity index (χ3v) is 4.74. The molecule has 0 aromatic carbocycles. The van der Waals surface area contributed by atoms with Crippen molar-refractivity contribution in [3.05, 3.63) is 24.5 Å². The van der Waals surface area contributed by atoms with Crippen molar-refractivity contribution in [2.75, 3.05) is 0 Å². The van der Waals surface area contributed by atoms with Crippen molar-refractivity contribution >= 4 is 15.9 Å². The average molecular weight is 284 g/mol. The van der Waals surface area contributed by atoms with Crippen LogP contribution >= 0.6 is 0 Å². The molecule has 104 valence electrons. The van der Waals surface area contributed by atoms with E-state index in [2.05, 4.69) is 14.9 Å². The molecular formula is C11H16N4O3S. The number of sulfonamides is 1. The van der Waals surface area contributed by atoms with Crippen molar-refractivity contribution in [1.29, 1.82) is 0 Å². The van der Waals surface area contributed by atoms with Crippen molar-refractivity contribution in [2.24, 2.45) is 16.8 Å². The van der Waals surface area contributed by atoms with Gasteiger partial charge < -0.3 is 10.9 Å². The summed E-state index contributed by atoms with van der Waals surface area (Å²) in [6, 6.07) is 2.69. The number of oxime groups is 1. The predicted octanol–water partition coefficient (Wildman–Crippen LogP) is 0.275. The number of nitrogens with one attached hydrogen (secondary N) is 1. The highest BCUT2D eigenvalue weighted by atomic mass is 32.2. The van der Waals surface area contributed by atoms with Gasteiger partial charge in [0.1, 0.15) is 10.7 Å². The fourth-order valence-electron chi connectivity index (χ4n) is 2.30. The second-order valence-electron chi connectivity index (χ2n) is 4.48. The highest BCUT2D eigenvalue weighted by Crippen LogP contribution is 2.27. The fourth-order valence-corrected chi connectivity index (χ4v) is 3.58. The molecule has 1 heterocycles. The lowest BCUT2D eigenvalue weighted by molar-refractivity contribution is 0.312. The molecule has 1 aliphatic rings. The SMILES string of the molecule is NC(=NO)C1CCCC1NS(=O)(=O)c1cccnc1. The lowest BCUT2D eigenvalue weighted by Gasteiger charge is -2.19. The van der Waals surface area contributed by atoms with Crippen molar-refractivity contribution in [3.63, 3.8) is 0 Å². The Morgan fingerprint density at radius 2 is 2.32 bits per heavy atom. The van der Waals surface area contributed by atoms with Gasteiger partial charge in [-0.25, -0.2) is 13.1 Å². The molecule has 0 spiro atoms. The summed E-state index contributed by atoms with van der Waals surface area (Å²) in [5.74, 6) is -0.201. The predicted molar refractivity (Wildman–Crippen MR) is 69.1 cm³/mol. The van der Waals surface area contributed by atoms with Crippen LogP contribution in [-0.2, 0) is 10.0 Å². The molecule has 1 aromatic heterocycles. The Morgan fingerprint density at radius 3 is 2.95 bits per heavy atom. The molecule has 0 amide bonds. The molecule has 0 bridgehead atoms. The minimum Gasteiger partial charge on any atom is -0.409 e. The number of hydrogen-bond donors (Lipinski definition) is 3. The lowest BCUT2D eigenvalue weighted by atomic mass is 10.0. The maximum atomic E-state index is 12.2. The first kappa shape index (κ1) is 13.8. The number of amidine groups is 1. The fraction of sp³-hybridized carbons (Fsp3) is 0.455. The molecule has 2 unspecified atom stereocenters. The third kappa shape index (κ3) is 3.02. The number of nitrogens with two attached hydrogens (primary N) is 1. The first-order valence-corrected chi connectivity index (χ1v) is 7.42. The third-order valence-electron chi connectivity index (χ3n) is 3.26. The smallest absolute Gasteiger partial charge is 0.242 e. The average Bonchev–Trinajstić information content (AvgIpc) is 2.86. The van der Waals surface area contributed by atoms with Gasteiger partial charge in [-0.05, 0) is 25.0 Å². The normalized spacial score (nSPS) is 24.5. The first-order valence-electron chi connectivity index (χ1n) is 5.94. The minimum absolute atomic E-state index is 0.0661. The maximum absolute atomic E-state index is 12.2. The topological polar surface area (TPSA) is 118 Å². The van der Waals surface area contributed by atoms with Crippen LogP contribution < -0.4 is 10.5 Å². The summed E-state index contributed by atoms with van der Waals surface area (Å²) in [6.45, 7) is 0. The van der Waals surface area contributed by atoms with Crippen LogP contribution in [0.15, 0.2) is 34.6 Å². The molecule has 4 N–H and O–H groups in total. The quantitative estimate of drug-likeness (QED) is 0.317. The summed E-state index contributed by atoms with van der Waals surface area (Å²) < 4.78 is 26.9. The summed E-state index contributed by atoms with van der Waals surface area (Å²) in [6.07, 6.45) is 5.00. The number of nitrogens with zero attached hydrogens (tertiary/aromatic N) is 2. The Kier molecular flexibility index (Phi) is 4.01. The van der Waals surface area contributed by atoms with Gasteiger partial charge in [0, 0.05) is 24.4 Å². The van der Waals surface area contributed by atoms with E-state index >= 15 is 0 Å². The van der Waals surface area contributed by atoms with Gasteiger partial charge in [-0.3, -0.25) is 4.98 Å². The second kappa shape index (κ2) is 5.54. The molecule has 1 aromatic rings. The molecule has 19 heavy (non-hydrogen) atoms. The van der Waals surface area contributed by atoms with Gasteiger partial charge in [0.05, 0.1) is 0 Å². The van der Waals surface area contributed by atoms with E-state index < -0.39 is 10.0 Å². The Bertz CT molecular complexity index is 559. The number of rotatable bonds is 4. The molecule has 8 heteroatoms. The number of aromatic nitrogens is 1. The summed E-state index contributed by atoms with van der Waals surface area (Å²) in [4.78, 5) is 3.90. The first-order chi connectivity index (χ1) is 9.04. The highest BCUT2D eigenvalue weighted by Gasteiger charge is 2.34. The highest BCUT2D eigenvalue weighted by molar-refractivity contribution is 7.89. The van der Waals surface area contributed by atoms with Crippen molar-refractivity contribution in [2.45, 2.75) is 30.2 Å². The van der Waals surface area contributed by atoms with Gasteiger partial charge >= 0.3 is 0 Å². The van der Waals surface area contributed by atoms with Gasteiger partial charge in [0.2, 0.25) is 10.0 Å². The number of pyridine rings is 1. The molecule has 1 saturated carbocycles. The van der Waals surface area contributed by atoms with Crippen LogP contribution in [0.5, 0.6) is 0 Å². The Morgan fingerprint density at radius 1 is 1.53 bits per heavy atom. The molecule has 2 atom stereocenters. The van der Waals surface area contributed by atoms with E-state index in [-0.39, 0.29) is 22.7 Å². The van der Waals surface area contributed by atoms with Crippen LogP contribution in [0.1, 0.15) is 19.3 Å². The van der Waals surface area contributed by atoms with Gasteiger partial charge in [0.15, 0.2) is 0 Å². The summed E-state index contributed by atoms with van der Waals surface area (Å²) in [5.41, 5.74) is 5.58. The van der Waals surface area contributed by atoms with E-state index in [0.29, 0.717) is 12.8 Å². The van der Waals surface area contributed by atoms with Crippen LogP contribution in [0.2, 0.25) is 0 Å². The molecule has 0 radical (unpaired) electrons. The van der Waals surface area contributed by atoms with Gasteiger partial charge in [0.25, 0.3) is 0 Å². The Balaban J connectivity index is 2.17. The van der Waals surface area contributed by atoms with E-state index in [4.69, 9.17) is 10.9 Å². The van der Waals surface area contributed by atoms with E-state index in [0.717, 1.165) is 6.42 Å². The largest absolute Gasteiger partial charge is 0.409 e. The second-order valence-corrected chi connectivity index (χ2v) is 6.19. The zero-order valence-corrected chi connectivity index (χ0v) is 11.0. The van der Waals surface area contributed by atoms with Crippen LogP contribution in [0.3, 0.4) is 0 Å². The van der Waals surface area contributed by atoms with Crippen LogP contribution in [-0.4, -0.2) is 30.5 Å². The molecule has 7 nitrogen and oxygen atoms in total. The molecule has 0 saturated heterocycles. The molecular weight excluding hydrogens is 268 g/mol. The van der Waals surface area contributed by atoms with Gasteiger partial charge in [-0.1, -0.05) is 11.6 Å². The van der Waals surface area contributed by atoms with E-state index in [1.165, 1.54) is 18.5 Å². The Labute approximate surface area is 111 Å². The van der Waals surface area contributed by atoms with Crippen molar-refractivity contribution in [1.82, 2.24) is 9.71 Å². The standard InChI is InChI=1S/C11H16N4O3S/c12-11(14-16)9-4-1-5-10(9)15-19(17,18)8-3-2-6-13-7-8/h2-3,6-7,9-10,15-16H,1,4-5H2,(H2,12,14). The molecule has 2 rings (SSSR count). The maximum Gasteiger partial charge on any atom is 0.242 e. The molecule has 0 aliphatic heterocycles. The van der Waals surface area contributed by atoms with Crippen LogP contribution in [0, 0.1) is 5.92 Å². The zero-order chi connectivity index (χ0) is 13.9. The summed E-state index contributed by atoms with van der Waals surface area (Å²) in [7, 11) is -3.62. The lowest BCUT2D eigenvalue weighted by Crippen LogP contribution is -2.42. The molecule has 1 aliphatic carbocycles. The Hall–Kier alpha value is -1.67. The van der Waals surface area contributed by atoms with Gasteiger partial charge in [-0.15, -0.1) is 0 Å². The van der Waals surface area contributed by atoms with E-state index in [1.807, 2.05) is 0 Å². The number of hydrogen-bond acceptors (Lipinski definition) is 5. The summed E-state index contributed by atoms with van der Waals surface area (Å²) in [5, 5.41) is 11.7. The van der Waals surface area contributed by atoms with E-state index in [1.54, 1.807) is 6.07 Å².